The predicted molar refractivity (Wildman–Crippen MR) is 158 cm³/mol. The summed E-state index contributed by atoms with van der Waals surface area (Å²) in [6.07, 6.45) is 0. The molecule has 0 aliphatic carbocycles. The van der Waals surface area contributed by atoms with Crippen LogP contribution in [0.4, 0.5) is 22.7 Å². The highest BCUT2D eigenvalue weighted by Crippen LogP contribution is 2.39. The summed E-state index contributed by atoms with van der Waals surface area (Å²) in [7, 11) is 0. The Hall–Kier alpha value is -6.18. The highest BCUT2D eigenvalue weighted by Gasteiger charge is 2.17. The van der Waals surface area contributed by atoms with Gasteiger partial charge in [-0.25, -0.2) is 14.8 Å². The van der Waals surface area contributed by atoms with Gasteiger partial charge in [-0.3, -0.25) is 0 Å². The van der Waals surface area contributed by atoms with Gasteiger partial charge in [-0.1, -0.05) is 30.3 Å². The van der Waals surface area contributed by atoms with Gasteiger partial charge in [-0.15, -0.1) is 0 Å². The van der Waals surface area contributed by atoms with Gasteiger partial charge in [0.2, 0.25) is 17.5 Å². The Balaban J connectivity index is 1.29. The first-order chi connectivity index (χ1) is 20.2. The molecule has 0 unspecified atom stereocenters. The van der Waals surface area contributed by atoms with Crippen molar-refractivity contribution >= 4 is 44.9 Å². The Labute approximate surface area is 235 Å². The van der Waals surface area contributed by atoms with Gasteiger partial charge in [-0.05, 0) is 84.9 Å². The van der Waals surface area contributed by atoms with E-state index >= 15 is 0 Å². The second kappa shape index (κ2) is 9.85. The van der Waals surface area contributed by atoms with E-state index in [0.29, 0.717) is 23.0 Å². The Bertz CT molecular complexity index is 1940. The van der Waals surface area contributed by atoms with E-state index in [0.717, 1.165) is 50.4 Å². The molecule has 7 heteroatoms. The minimum atomic E-state index is 0.293. The lowest BCUT2D eigenvalue weighted by Gasteiger charge is -2.26. The number of benzene rings is 5. The van der Waals surface area contributed by atoms with Crippen molar-refractivity contribution in [3.63, 3.8) is 0 Å². The molecule has 192 valence electrons. The van der Waals surface area contributed by atoms with E-state index in [4.69, 9.17) is 15.4 Å². The lowest BCUT2D eigenvalue weighted by Crippen LogP contribution is -2.10. The number of aromatic nitrogens is 2. The van der Waals surface area contributed by atoms with Gasteiger partial charge in [0.25, 0.3) is 0 Å². The van der Waals surface area contributed by atoms with Crippen LogP contribution >= 0.6 is 0 Å². The maximum Gasteiger partial charge on any atom is 0.227 e. The molecule has 0 aliphatic rings. The minimum Gasteiger partial charge on any atom is -0.436 e. The van der Waals surface area contributed by atoms with Crippen LogP contribution in [-0.4, -0.2) is 9.97 Å². The molecule has 7 nitrogen and oxygen atoms in total. The van der Waals surface area contributed by atoms with E-state index in [1.807, 2.05) is 108 Å². The average Bonchev–Trinajstić information content (AvgIpc) is 3.67. The molecule has 0 bridgehead atoms. The van der Waals surface area contributed by atoms with Crippen molar-refractivity contribution in [3.8, 4) is 29.0 Å². The molecule has 7 aromatic rings. The topological polar surface area (TPSA) is 83.5 Å². The first kappa shape index (κ1) is 23.9. The van der Waals surface area contributed by atoms with Crippen molar-refractivity contribution in [2.75, 3.05) is 4.90 Å². The Morgan fingerprint density at radius 2 is 1.12 bits per heavy atom. The van der Waals surface area contributed by atoms with Gasteiger partial charge in [0, 0.05) is 28.2 Å². The molecule has 0 saturated heterocycles. The summed E-state index contributed by atoms with van der Waals surface area (Å²) in [5, 5.41) is 9.46. The summed E-state index contributed by atoms with van der Waals surface area (Å²) in [5.74, 6) is 1.08. The Morgan fingerprint density at radius 1 is 0.634 bits per heavy atom. The number of nitrogens with zero attached hydrogens (tertiary/aromatic N) is 5. The maximum atomic E-state index is 9.46. The number of para-hydroxylation sites is 4. The van der Waals surface area contributed by atoms with Gasteiger partial charge >= 0.3 is 0 Å². The summed E-state index contributed by atoms with van der Waals surface area (Å²) in [6, 6.07) is 38.4. The lowest BCUT2D eigenvalue weighted by molar-refractivity contribution is 0.619. The van der Waals surface area contributed by atoms with Crippen molar-refractivity contribution in [3.05, 3.63) is 132 Å². The molecular formula is C34H19N5O2. The van der Waals surface area contributed by atoms with Crippen molar-refractivity contribution in [2.45, 2.75) is 0 Å². The normalized spacial score (nSPS) is 10.9. The molecule has 0 fully saturated rings. The second-order valence-corrected chi connectivity index (χ2v) is 9.33. The van der Waals surface area contributed by atoms with Crippen molar-refractivity contribution in [2.24, 2.45) is 0 Å². The molecular weight excluding hydrogens is 510 g/mol. The van der Waals surface area contributed by atoms with E-state index in [2.05, 4.69) is 20.9 Å². The predicted octanol–water partition coefficient (Wildman–Crippen LogP) is 9.20. The fraction of sp³-hybridized carbons (Fsp3) is 0. The number of hydrogen-bond donors (Lipinski definition) is 0. The number of rotatable bonds is 5. The highest BCUT2D eigenvalue weighted by atomic mass is 16.4. The van der Waals surface area contributed by atoms with E-state index in [9.17, 15) is 5.26 Å². The third-order valence-corrected chi connectivity index (χ3v) is 6.81. The van der Waals surface area contributed by atoms with Gasteiger partial charge < -0.3 is 13.7 Å². The first-order valence-corrected chi connectivity index (χ1v) is 12.8. The molecule has 2 heterocycles. The fourth-order valence-electron chi connectivity index (χ4n) is 4.79. The molecule has 0 N–H and O–H groups in total. The van der Waals surface area contributed by atoms with Crippen LogP contribution in [0.3, 0.4) is 0 Å². The van der Waals surface area contributed by atoms with Gasteiger partial charge in [0.1, 0.15) is 11.0 Å². The molecule has 7 rings (SSSR count). The van der Waals surface area contributed by atoms with Gasteiger partial charge in [0.15, 0.2) is 11.2 Å². The lowest BCUT2D eigenvalue weighted by atomic mass is 10.1. The maximum absolute atomic E-state index is 9.46. The third kappa shape index (κ3) is 4.34. The van der Waals surface area contributed by atoms with Crippen molar-refractivity contribution in [1.29, 1.82) is 5.26 Å². The minimum absolute atomic E-state index is 0.293. The van der Waals surface area contributed by atoms with Crippen LogP contribution in [0, 0.1) is 17.9 Å². The van der Waals surface area contributed by atoms with Gasteiger partial charge in [-0.2, -0.15) is 5.26 Å². The van der Waals surface area contributed by atoms with Crippen LogP contribution in [0.2, 0.25) is 0 Å². The van der Waals surface area contributed by atoms with E-state index in [1.165, 1.54) is 0 Å². The quantitative estimate of drug-likeness (QED) is 0.207. The summed E-state index contributed by atoms with van der Waals surface area (Å²) < 4.78 is 11.9. The summed E-state index contributed by atoms with van der Waals surface area (Å²) in [5.41, 5.74) is 7.86. The van der Waals surface area contributed by atoms with Crippen LogP contribution in [0.15, 0.2) is 124 Å². The van der Waals surface area contributed by atoms with Crippen LogP contribution < -0.4 is 4.90 Å². The standard InChI is InChI=1S/C34H19N5O2/c1-36-30-20-27(19-14-24(30)21-35)39(25-15-10-22(11-16-25)33-37-28-6-2-4-8-31(28)40-33)26-17-12-23(13-18-26)34-38-29-7-3-5-9-32(29)41-34/h2-20H. The third-order valence-electron chi connectivity index (χ3n) is 6.81. The van der Waals surface area contributed by atoms with Crippen molar-refractivity contribution in [1.82, 2.24) is 9.97 Å². The molecule has 0 aliphatic heterocycles. The smallest absolute Gasteiger partial charge is 0.227 e. The summed E-state index contributed by atoms with van der Waals surface area (Å²) >= 11 is 0. The first-order valence-electron chi connectivity index (χ1n) is 12.8. The molecule has 2 aromatic heterocycles. The second-order valence-electron chi connectivity index (χ2n) is 9.33. The largest absolute Gasteiger partial charge is 0.436 e. The van der Waals surface area contributed by atoms with E-state index < -0.39 is 0 Å². The van der Waals surface area contributed by atoms with E-state index in [-0.39, 0.29) is 0 Å². The molecule has 5 aromatic carbocycles. The average molecular weight is 530 g/mol. The Morgan fingerprint density at radius 3 is 1.59 bits per heavy atom. The fourth-order valence-corrected chi connectivity index (χ4v) is 4.79. The van der Waals surface area contributed by atoms with Crippen LogP contribution in [0.1, 0.15) is 5.56 Å². The number of oxazole rings is 2. The molecule has 0 spiro atoms. The van der Waals surface area contributed by atoms with Crippen LogP contribution in [0.25, 0.3) is 50.0 Å². The van der Waals surface area contributed by atoms with Gasteiger partial charge in [0.05, 0.1) is 18.2 Å². The zero-order chi connectivity index (χ0) is 27.8. The molecule has 0 atom stereocenters. The SMILES string of the molecule is [C-]#[N+]c1cc(N(c2ccc(-c3nc4ccccc4o3)cc2)c2ccc(-c3nc4ccccc4o3)cc2)ccc1C#N. The molecule has 0 radical (unpaired) electrons. The zero-order valence-electron chi connectivity index (χ0n) is 21.5. The number of anilines is 3. The number of fused-ring (bicyclic) bond motifs is 2. The molecule has 0 saturated carbocycles. The molecule has 0 amide bonds. The summed E-state index contributed by atoms with van der Waals surface area (Å²) in [6.45, 7) is 7.59. The van der Waals surface area contributed by atoms with Crippen molar-refractivity contribution < 1.29 is 8.83 Å². The molecule has 41 heavy (non-hydrogen) atoms. The summed E-state index contributed by atoms with van der Waals surface area (Å²) in [4.78, 5) is 14.8. The number of hydrogen-bond acceptors (Lipinski definition) is 6. The van der Waals surface area contributed by atoms with E-state index in [1.54, 1.807) is 12.1 Å². The highest BCUT2D eigenvalue weighted by molar-refractivity contribution is 5.83. The Kier molecular flexibility index (Phi) is 5.74. The monoisotopic (exact) mass is 529 g/mol. The van der Waals surface area contributed by atoms with Crippen LogP contribution in [-0.2, 0) is 0 Å². The zero-order valence-corrected chi connectivity index (χ0v) is 21.5. The van der Waals surface area contributed by atoms with Crippen LogP contribution in [0.5, 0.6) is 0 Å². The number of nitriles is 1.